The first-order chi connectivity index (χ1) is 17.9. The summed E-state index contributed by atoms with van der Waals surface area (Å²) < 4.78 is 4.55. The van der Waals surface area contributed by atoms with Crippen molar-refractivity contribution in [2.45, 2.75) is 60.8 Å². The highest BCUT2D eigenvalue weighted by Crippen LogP contribution is 2.50. The zero-order valence-corrected chi connectivity index (χ0v) is 21.3. The molecule has 38 heavy (non-hydrogen) atoms. The average Bonchev–Trinajstić information content (AvgIpc) is 3.31. The number of carboxylic acids is 2. The second-order valence-corrected chi connectivity index (χ2v) is 11.4. The highest BCUT2D eigenvalue weighted by Gasteiger charge is 2.64. The maximum Gasteiger partial charge on any atom is 0.334 e. The van der Waals surface area contributed by atoms with Crippen molar-refractivity contribution in [2.75, 3.05) is 6.61 Å². The van der Waals surface area contributed by atoms with Crippen LogP contribution in [-0.2, 0) is 28.7 Å². The van der Waals surface area contributed by atoms with Gasteiger partial charge in [0.05, 0.1) is 13.0 Å². The van der Waals surface area contributed by atoms with Crippen molar-refractivity contribution in [2.24, 2.45) is 5.73 Å². The van der Waals surface area contributed by atoms with Crippen molar-refractivity contribution in [3.8, 4) is 0 Å². The van der Waals surface area contributed by atoms with Gasteiger partial charge < -0.3 is 36.0 Å². The Morgan fingerprint density at radius 2 is 1.84 bits per heavy atom. The second-order valence-electron chi connectivity index (χ2n) is 9.58. The summed E-state index contributed by atoms with van der Waals surface area (Å²) in [7, 11) is 0. The molecule has 4 saturated heterocycles. The van der Waals surface area contributed by atoms with Crippen LogP contribution in [-0.4, -0.2) is 95.9 Å². The number of aliphatic carboxylic acids is 2. The summed E-state index contributed by atoms with van der Waals surface area (Å²) in [6.07, 6.45) is 1.03. The van der Waals surface area contributed by atoms with Gasteiger partial charge in [-0.15, -0.1) is 11.8 Å². The molecule has 0 aliphatic carbocycles. The van der Waals surface area contributed by atoms with Gasteiger partial charge in [-0.05, 0) is 25.5 Å². The molecule has 6 atom stereocenters. The molecule has 0 spiro atoms. The fraction of sp³-hybridized carbons (Fsp3) is 0.458. The molecular formula is C24H28N4O9S. The monoisotopic (exact) mass is 548 g/mol. The number of amides is 3. The Hall–Kier alpha value is -3.62. The van der Waals surface area contributed by atoms with Crippen molar-refractivity contribution in [1.82, 2.24) is 15.1 Å². The number of hydrogen-bond donors (Lipinski definition) is 5. The average molecular weight is 549 g/mol. The Morgan fingerprint density at radius 1 is 1.18 bits per heavy atom. The minimum atomic E-state index is -1.14. The number of carbonyl (C=O) groups is 5. The van der Waals surface area contributed by atoms with E-state index in [1.54, 1.807) is 38.1 Å². The molecule has 0 radical (unpaired) electrons. The number of carboxylic acid groups (broad SMARTS) is 2. The van der Waals surface area contributed by atoms with Crippen LogP contribution in [0.25, 0.3) is 0 Å². The Balaban J connectivity index is 0.000000204. The number of nitrogens with one attached hydrogen (secondary N) is 1. The lowest BCUT2D eigenvalue weighted by Crippen LogP contribution is -2.71. The molecule has 0 bridgehead atoms. The van der Waals surface area contributed by atoms with Gasteiger partial charge in [-0.2, -0.15) is 0 Å². The summed E-state index contributed by atoms with van der Waals surface area (Å²) >= 11 is 1.38. The number of benzene rings is 1. The summed E-state index contributed by atoms with van der Waals surface area (Å²) in [6, 6.07) is 5.31. The minimum Gasteiger partial charge on any atom is -0.480 e. The number of hydrogen-bond acceptors (Lipinski definition) is 9. The van der Waals surface area contributed by atoms with Gasteiger partial charge in [0.15, 0.2) is 12.3 Å². The molecule has 0 saturated carbocycles. The van der Waals surface area contributed by atoms with E-state index in [0.29, 0.717) is 5.56 Å². The van der Waals surface area contributed by atoms with E-state index in [1.165, 1.54) is 27.6 Å². The maximum atomic E-state index is 12.3. The van der Waals surface area contributed by atoms with E-state index in [-0.39, 0.29) is 36.0 Å². The predicted octanol–water partition coefficient (Wildman–Crippen LogP) is -0.777. The van der Waals surface area contributed by atoms with Crippen molar-refractivity contribution in [3.05, 3.63) is 47.7 Å². The number of ether oxygens (including phenoxy) is 1. The van der Waals surface area contributed by atoms with Gasteiger partial charge in [-0.1, -0.05) is 30.3 Å². The molecule has 1 aromatic carbocycles. The number of β-lactam (4-membered cyclic amide) rings is 2. The highest BCUT2D eigenvalue weighted by molar-refractivity contribution is 8.01. The van der Waals surface area contributed by atoms with E-state index in [4.69, 9.17) is 20.7 Å². The van der Waals surface area contributed by atoms with E-state index < -0.39 is 53.0 Å². The molecule has 4 aliphatic heterocycles. The summed E-state index contributed by atoms with van der Waals surface area (Å²) in [4.78, 5) is 60.5. The largest absolute Gasteiger partial charge is 0.480 e. The number of nitrogens with two attached hydrogens (primary N) is 1. The van der Waals surface area contributed by atoms with Crippen molar-refractivity contribution in [3.63, 3.8) is 0 Å². The molecule has 2 unspecified atom stereocenters. The Bertz CT molecular complexity index is 1190. The second kappa shape index (κ2) is 10.3. The summed E-state index contributed by atoms with van der Waals surface area (Å²) in [5.41, 5.74) is 6.59. The van der Waals surface area contributed by atoms with Gasteiger partial charge in [-0.3, -0.25) is 19.3 Å². The first-order valence-corrected chi connectivity index (χ1v) is 12.6. The van der Waals surface area contributed by atoms with Crippen LogP contribution >= 0.6 is 11.8 Å². The third-order valence-corrected chi connectivity index (χ3v) is 8.28. The van der Waals surface area contributed by atoms with Crippen LogP contribution in [0.4, 0.5) is 0 Å². The predicted molar refractivity (Wildman–Crippen MR) is 132 cm³/mol. The molecule has 4 aliphatic rings. The van der Waals surface area contributed by atoms with E-state index >= 15 is 0 Å². The topological polar surface area (TPSA) is 200 Å². The van der Waals surface area contributed by atoms with Crippen LogP contribution in [0.5, 0.6) is 0 Å². The third-order valence-electron chi connectivity index (χ3n) is 6.71. The van der Waals surface area contributed by atoms with Gasteiger partial charge in [0.1, 0.15) is 29.3 Å². The van der Waals surface area contributed by atoms with Gasteiger partial charge in [0.25, 0.3) is 0 Å². The van der Waals surface area contributed by atoms with Crippen LogP contribution < -0.4 is 11.1 Å². The maximum absolute atomic E-state index is 12.3. The summed E-state index contributed by atoms with van der Waals surface area (Å²) in [5, 5.41) is 29.2. The van der Waals surface area contributed by atoms with Crippen LogP contribution in [0.1, 0.15) is 31.9 Å². The van der Waals surface area contributed by atoms with Gasteiger partial charge >= 0.3 is 11.9 Å². The van der Waals surface area contributed by atoms with Crippen LogP contribution in [0.15, 0.2) is 42.2 Å². The van der Waals surface area contributed by atoms with Crippen molar-refractivity contribution >= 4 is 41.4 Å². The Morgan fingerprint density at radius 3 is 2.39 bits per heavy atom. The number of rotatable bonds is 6. The van der Waals surface area contributed by atoms with Gasteiger partial charge in [0.2, 0.25) is 17.7 Å². The Labute approximate surface area is 221 Å². The minimum absolute atomic E-state index is 0.149. The number of thioether (sulfide) groups is 1. The Kier molecular flexibility index (Phi) is 7.41. The summed E-state index contributed by atoms with van der Waals surface area (Å²) in [6.45, 7) is 3.28. The van der Waals surface area contributed by atoms with Gasteiger partial charge in [0, 0.05) is 4.75 Å². The lowest BCUT2D eigenvalue weighted by Gasteiger charge is -2.43. The van der Waals surface area contributed by atoms with E-state index in [9.17, 15) is 29.1 Å². The molecule has 4 heterocycles. The molecule has 0 aromatic heterocycles. The lowest BCUT2D eigenvalue weighted by molar-refractivity contribution is -0.163. The fourth-order valence-corrected chi connectivity index (χ4v) is 6.48. The van der Waals surface area contributed by atoms with Crippen molar-refractivity contribution < 1.29 is 44.0 Å². The highest BCUT2D eigenvalue weighted by atomic mass is 32.2. The van der Waals surface area contributed by atoms with E-state index in [2.05, 4.69) is 5.32 Å². The first-order valence-electron chi connectivity index (χ1n) is 11.7. The normalized spacial score (nSPS) is 30.1. The molecule has 4 fully saturated rings. The number of aliphatic hydroxyl groups excluding tert-OH is 1. The SMILES string of the molecule is CC1(C)S[C@@H]2[C@H](NC(=O)[C@H](N)c3ccccc3)C(=O)N2[C@H]1C(=O)O.O=C(O)C1C(=CCO)OC2CC(=O)N21. The summed E-state index contributed by atoms with van der Waals surface area (Å²) in [5.74, 6) is -3.08. The molecule has 14 heteroatoms. The molecule has 3 amide bonds. The zero-order chi connectivity index (χ0) is 27.9. The van der Waals surface area contributed by atoms with Crippen molar-refractivity contribution in [1.29, 1.82) is 0 Å². The lowest BCUT2D eigenvalue weighted by atomic mass is 9.95. The van der Waals surface area contributed by atoms with Crippen LogP contribution in [0.3, 0.4) is 0 Å². The molecule has 1 aromatic rings. The smallest absolute Gasteiger partial charge is 0.334 e. The van der Waals surface area contributed by atoms with Gasteiger partial charge in [-0.25, -0.2) is 9.59 Å². The first kappa shape index (κ1) is 27.4. The molecule has 6 N–H and O–H groups in total. The number of fused-ring (bicyclic) bond motifs is 2. The van der Waals surface area contributed by atoms with E-state index in [0.717, 1.165) is 0 Å². The standard InChI is InChI=1S/C16H19N3O4S.C8H9NO5/c1-16(2)11(15(22)23)19-13(21)10(14(19)24-16)18-12(20)9(17)8-6-4-3-5-7-8;10-2-1-4-7(8(12)13)9-5(11)3-6(9)14-4/h3-7,9-11,14H,17H2,1-2H3,(H,18,20)(H,22,23);1,6-7,10H,2-3H2,(H,12,13)/t9-,10-,11+,14-;/m1./s1. The van der Waals surface area contributed by atoms with Crippen LogP contribution in [0, 0.1) is 0 Å². The number of carbonyl (C=O) groups excluding carboxylic acids is 3. The molecule has 5 rings (SSSR count). The molecule has 13 nitrogen and oxygen atoms in total. The molecule has 204 valence electrons. The number of aliphatic hydroxyl groups is 1. The third kappa shape index (κ3) is 4.70. The molecular weight excluding hydrogens is 520 g/mol. The number of nitrogens with zero attached hydrogens (tertiary/aromatic N) is 2. The fourth-order valence-electron chi connectivity index (χ4n) is 4.86. The van der Waals surface area contributed by atoms with E-state index in [1.807, 2.05) is 6.07 Å². The quantitative estimate of drug-likeness (QED) is 0.279. The zero-order valence-electron chi connectivity index (χ0n) is 20.5. The van der Waals surface area contributed by atoms with Crippen LogP contribution in [0.2, 0.25) is 0 Å².